The first-order valence-corrected chi connectivity index (χ1v) is 8.70. The highest BCUT2D eigenvalue weighted by Crippen LogP contribution is 2.20. The van der Waals surface area contributed by atoms with Gasteiger partial charge in [-0.2, -0.15) is 9.40 Å². The highest BCUT2D eigenvalue weighted by atomic mass is 32.2. The van der Waals surface area contributed by atoms with Crippen molar-refractivity contribution in [3.8, 4) is 0 Å². The molecule has 1 aliphatic heterocycles. The predicted octanol–water partition coefficient (Wildman–Crippen LogP) is 1.06. The Morgan fingerprint density at radius 1 is 1.35 bits per heavy atom. The maximum Gasteiger partial charge on any atom is 0.246 e. The standard InChI is InChI=1S/C13H24N4O2S/c1-12(2)14-6-5-7-16-11-13(10-15-16)20(18,19)17-8-3-4-9-17/h10-12,14H,3-9H2,1-2H3. The summed E-state index contributed by atoms with van der Waals surface area (Å²) in [5.74, 6) is 0. The number of hydrogen-bond donors (Lipinski definition) is 1. The first kappa shape index (κ1) is 15.5. The van der Waals surface area contributed by atoms with Crippen LogP contribution < -0.4 is 5.32 Å². The van der Waals surface area contributed by atoms with Crippen molar-refractivity contribution in [1.82, 2.24) is 19.4 Å². The van der Waals surface area contributed by atoms with Crippen molar-refractivity contribution in [2.45, 2.75) is 50.6 Å². The Kier molecular flexibility index (Phi) is 5.17. The highest BCUT2D eigenvalue weighted by Gasteiger charge is 2.28. The summed E-state index contributed by atoms with van der Waals surface area (Å²) in [6.45, 7) is 7.11. The Bertz CT molecular complexity index is 518. The molecule has 6 nitrogen and oxygen atoms in total. The van der Waals surface area contributed by atoms with Crippen molar-refractivity contribution in [3.05, 3.63) is 12.4 Å². The lowest BCUT2D eigenvalue weighted by Crippen LogP contribution is -2.27. The molecule has 7 heteroatoms. The molecule has 1 aromatic rings. The van der Waals surface area contributed by atoms with E-state index in [1.807, 2.05) is 0 Å². The number of aromatic nitrogens is 2. The fourth-order valence-corrected chi connectivity index (χ4v) is 3.78. The lowest BCUT2D eigenvalue weighted by Gasteiger charge is -2.13. The average molecular weight is 300 g/mol. The van der Waals surface area contributed by atoms with Crippen LogP contribution in [0.1, 0.15) is 33.1 Å². The number of sulfonamides is 1. The van der Waals surface area contributed by atoms with Crippen LogP contribution in [0.5, 0.6) is 0 Å². The summed E-state index contributed by atoms with van der Waals surface area (Å²) in [7, 11) is -3.33. The largest absolute Gasteiger partial charge is 0.314 e. The Labute approximate surface area is 121 Å². The van der Waals surface area contributed by atoms with Gasteiger partial charge in [-0.15, -0.1) is 0 Å². The summed E-state index contributed by atoms with van der Waals surface area (Å²) in [4.78, 5) is 0.316. The van der Waals surface area contributed by atoms with Crippen LogP contribution in [0.3, 0.4) is 0 Å². The van der Waals surface area contributed by atoms with E-state index in [0.717, 1.165) is 32.4 Å². The molecule has 114 valence electrons. The van der Waals surface area contributed by atoms with Gasteiger partial charge >= 0.3 is 0 Å². The van der Waals surface area contributed by atoms with Gasteiger partial charge in [0.05, 0.1) is 6.20 Å². The molecule has 2 rings (SSSR count). The van der Waals surface area contributed by atoms with Crippen LogP contribution in [0.2, 0.25) is 0 Å². The molecule has 0 amide bonds. The molecule has 2 heterocycles. The van der Waals surface area contributed by atoms with Gasteiger partial charge in [-0.25, -0.2) is 8.42 Å². The van der Waals surface area contributed by atoms with Crippen LogP contribution in [0.4, 0.5) is 0 Å². The second-order valence-corrected chi connectivity index (χ2v) is 7.45. The smallest absolute Gasteiger partial charge is 0.246 e. The minimum absolute atomic E-state index is 0.316. The van der Waals surface area contributed by atoms with Crippen molar-refractivity contribution >= 4 is 10.0 Å². The average Bonchev–Trinajstić information content (AvgIpc) is 3.05. The van der Waals surface area contributed by atoms with Crippen LogP contribution >= 0.6 is 0 Å². The molecule has 1 aliphatic rings. The van der Waals surface area contributed by atoms with Gasteiger partial charge in [-0.3, -0.25) is 4.68 Å². The second kappa shape index (κ2) is 6.69. The molecule has 0 aromatic carbocycles. The van der Waals surface area contributed by atoms with Crippen LogP contribution in [0.15, 0.2) is 17.3 Å². The van der Waals surface area contributed by atoms with Crippen molar-refractivity contribution in [1.29, 1.82) is 0 Å². The quantitative estimate of drug-likeness (QED) is 0.765. The molecule has 0 unspecified atom stereocenters. The molecule has 1 fully saturated rings. The number of rotatable bonds is 7. The molecule has 0 aliphatic carbocycles. The summed E-state index contributed by atoms with van der Waals surface area (Å²) >= 11 is 0. The molecule has 0 radical (unpaired) electrons. The summed E-state index contributed by atoms with van der Waals surface area (Å²) in [6, 6.07) is 0.471. The van der Waals surface area contributed by atoms with E-state index in [9.17, 15) is 8.42 Å². The van der Waals surface area contributed by atoms with Gasteiger partial charge in [-0.1, -0.05) is 13.8 Å². The third kappa shape index (κ3) is 3.80. The molecule has 0 saturated carbocycles. The van der Waals surface area contributed by atoms with Crippen LogP contribution in [-0.4, -0.2) is 48.2 Å². The SMILES string of the molecule is CC(C)NCCCn1cc(S(=O)(=O)N2CCCC2)cn1. The van der Waals surface area contributed by atoms with Crippen LogP contribution in [0, 0.1) is 0 Å². The van der Waals surface area contributed by atoms with Gasteiger partial charge < -0.3 is 5.32 Å². The Balaban J connectivity index is 1.91. The van der Waals surface area contributed by atoms with E-state index >= 15 is 0 Å². The molecule has 20 heavy (non-hydrogen) atoms. The monoisotopic (exact) mass is 300 g/mol. The highest BCUT2D eigenvalue weighted by molar-refractivity contribution is 7.89. The predicted molar refractivity (Wildman–Crippen MR) is 78.0 cm³/mol. The summed E-state index contributed by atoms with van der Waals surface area (Å²) in [5.41, 5.74) is 0. The van der Waals surface area contributed by atoms with E-state index in [1.54, 1.807) is 15.2 Å². The molecule has 0 bridgehead atoms. The molecular weight excluding hydrogens is 276 g/mol. The molecule has 1 N–H and O–H groups in total. The topological polar surface area (TPSA) is 67.2 Å². The fourth-order valence-electron chi connectivity index (χ4n) is 2.31. The van der Waals surface area contributed by atoms with Gasteiger partial charge in [0, 0.05) is 31.9 Å². The molecule has 1 saturated heterocycles. The van der Waals surface area contributed by atoms with Gasteiger partial charge in [0.15, 0.2) is 0 Å². The Hall–Kier alpha value is -0.920. The van der Waals surface area contributed by atoms with E-state index in [2.05, 4.69) is 24.3 Å². The lowest BCUT2D eigenvalue weighted by molar-refractivity contribution is 0.477. The van der Waals surface area contributed by atoms with Crippen molar-refractivity contribution in [3.63, 3.8) is 0 Å². The maximum atomic E-state index is 12.3. The van der Waals surface area contributed by atoms with E-state index in [-0.39, 0.29) is 0 Å². The van der Waals surface area contributed by atoms with Crippen LogP contribution in [0.25, 0.3) is 0 Å². The molecule has 0 spiro atoms. The van der Waals surface area contributed by atoms with E-state index in [0.29, 0.717) is 24.0 Å². The summed E-state index contributed by atoms with van der Waals surface area (Å²) < 4.78 is 27.9. The zero-order valence-electron chi connectivity index (χ0n) is 12.2. The van der Waals surface area contributed by atoms with E-state index in [4.69, 9.17) is 0 Å². The Morgan fingerprint density at radius 3 is 2.70 bits per heavy atom. The number of hydrogen-bond acceptors (Lipinski definition) is 4. The third-order valence-corrected chi connectivity index (χ3v) is 5.28. The zero-order valence-corrected chi connectivity index (χ0v) is 13.1. The minimum atomic E-state index is -3.33. The van der Waals surface area contributed by atoms with Crippen molar-refractivity contribution < 1.29 is 8.42 Å². The van der Waals surface area contributed by atoms with E-state index < -0.39 is 10.0 Å². The zero-order chi connectivity index (χ0) is 14.6. The normalized spacial score (nSPS) is 17.1. The lowest BCUT2D eigenvalue weighted by atomic mass is 10.3. The third-order valence-electron chi connectivity index (χ3n) is 3.43. The Morgan fingerprint density at radius 2 is 2.05 bits per heavy atom. The summed E-state index contributed by atoms with van der Waals surface area (Å²) in [6.07, 6.45) is 5.94. The maximum absolute atomic E-state index is 12.3. The second-order valence-electron chi connectivity index (χ2n) is 5.51. The van der Waals surface area contributed by atoms with E-state index in [1.165, 1.54) is 6.20 Å². The molecule has 0 atom stereocenters. The number of nitrogens with one attached hydrogen (secondary N) is 1. The minimum Gasteiger partial charge on any atom is -0.314 e. The van der Waals surface area contributed by atoms with Crippen molar-refractivity contribution in [2.75, 3.05) is 19.6 Å². The van der Waals surface area contributed by atoms with Crippen LogP contribution in [-0.2, 0) is 16.6 Å². The summed E-state index contributed by atoms with van der Waals surface area (Å²) in [5, 5.41) is 7.48. The number of aryl methyl sites for hydroxylation is 1. The first-order valence-electron chi connectivity index (χ1n) is 7.26. The fraction of sp³-hybridized carbons (Fsp3) is 0.769. The van der Waals surface area contributed by atoms with Gasteiger partial charge in [0.25, 0.3) is 0 Å². The van der Waals surface area contributed by atoms with Gasteiger partial charge in [0.1, 0.15) is 4.90 Å². The number of nitrogens with zero attached hydrogens (tertiary/aromatic N) is 3. The van der Waals surface area contributed by atoms with Gasteiger partial charge in [-0.05, 0) is 25.8 Å². The van der Waals surface area contributed by atoms with Crippen molar-refractivity contribution in [2.24, 2.45) is 0 Å². The molecule has 1 aromatic heterocycles. The molecular formula is C13H24N4O2S. The first-order chi connectivity index (χ1) is 9.50. The van der Waals surface area contributed by atoms with Gasteiger partial charge in [0.2, 0.25) is 10.0 Å².